The number of piperidine rings is 1. The molecule has 0 aromatic rings. The van der Waals surface area contributed by atoms with Gasteiger partial charge in [-0.2, -0.15) is 0 Å². The lowest BCUT2D eigenvalue weighted by molar-refractivity contribution is -0.119. The van der Waals surface area contributed by atoms with Crippen molar-refractivity contribution in [3.05, 3.63) is 0 Å². The van der Waals surface area contributed by atoms with Gasteiger partial charge in [0.05, 0.1) is 0 Å². The maximum Gasteiger partial charge on any atom is 0.216 e. The monoisotopic (exact) mass is 258 g/mol. The Morgan fingerprint density at radius 1 is 1.17 bits per heavy atom. The zero-order chi connectivity index (χ0) is 14.4. The van der Waals surface area contributed by atoms with Crippen LogP contribution >= 0.6 is 0 Å². The van der Waals surface area contributed by atoms with E-state index in [9.17, 15) is 4.79 Å². The lowest BCUT2D eigenvalue weighted by Gasteiger charge is -2.24. The Hall–Kier alpha value is -0.570. The Kier molecular flexibility index (Phi) is 15.9. The molecule has 0 unspecified atom stereocenters. The molecule has 0 aromatic heterocycles. The molecule has 110 valence electrons. The van der Waals surface area contributed by atoms with Gasteiger partial charge >= 0.3 is 0 Å². The van der Waals surface area contributed by atoms with Gasteiger partial charge < -0.3 is 10.2 Å². The first-order chi connectivity index (χ1) is 8.56. The molecule has 1 fully saturated rings. The van der Waals surface area contributed by atoms with Crippen molar-refractivity contribution >= 4 is 5.91 Å². The van der Waals surface area contributed by atoms with Crippen LogP contribution in [0.15, 0.2) is 0 Å². The van der Waals surface area contributed by atoms with Gasteiger partial charge in [-0.1, -0.05) is 41.0 Å². The molecule has 1 saturated heterocycles. The molecule has 1 N–H and O–H groups in total. The number of carbonyl (C=O) groups excluding carboxylic acids is 1. The number of amides is 1. The van der Waals surface area contributed by atoms with Crippen LogP contribution in [0, 0.1) is 5.92 Å². The Balaban J connectivity index is 0. The Morgan fingerprint density at radius 2 is 1.67 bits per heavy atom. The largest absolute Gasteiger partial charge is 0.356 e. The smallest absolute Gasteiger partial charge is 0.216 e. The van der Waals surface area contributed by atoms with E-state index in [1.807, 2.05) is 13.8 Å². The minimum atomic E-state index is 0.0544. The van der Waals surface area contributed by atoms with E-state index in [0.717, 1.165) is 6.54 Å². The van der Waals surface area contributed by atoms with Gasteiger partial charge in [-0.25, -0.2) is 0 Å². The molecule has 0 aliphatic carbocycles. The molecule has 0 saturated carbocycles. The van der Waals surface area contributed by atoms with E-state index in [1.165, 1.54) is 45.8 Å². The summed E-state index contributed by atoms with van der Waals surface area (Å²) in [6.45, 7) is 16.6. The van der Waals surface area contributed by atoms with Crippen molar-refractivity contribution in [1.82, 2.24) is 10.2 Å². The molecular weight excluding hydrogens is 224 g/mol. The SMILES string of the molecule is CC.CC(=O)NCC(C)C.CCN1CCCCC1. The third-order valence-electron chi connectivity index (χ3n) is 2.66. The van der Waals surface area contributed by atoms with Gasteiger partial charge in [0.15, 0.2) is 0 Å². The summed E-state index contributed by atoms with van der Waals surface area (Å²) < 4.78 is 0. The Morgan fingerprint density at radius 3 is 1.89 bits per heavy atom. The third-order valence-corrected chi connectivity index (χ3v) is 2.66. The second-order valence-electron chi connectivity index (χ2n) is 4.83. The quantitative estimate of drug-likeness (QED) is 0.842. The average molecular weight is 258 g/mol. The van der Waals surface area contributed by atoms with E-state index >= 15 is 0 Å². The van der Waals surface area contributed by atoms with Crippen LogP contribution in [0.1, 0.15) is 60.8 Å². The van der Waals surface area contributed by atoms with Gasteiger partial charge in [0.2, 0.25) is 5.91 Å². The van der Waals surface area contributed by atoms with Crippen molar-refractivity contribution in [2.45, 2.75) is 60.8 Å². The van der Waals surface area contributed by atoms with E-state index in [2.05, 4.69) is 31.0 Å². The summed E-state index contributed by atoms with van der Waals surface area (Å²) in [5, 5.41) is 2.71. The molecular formula is C15H34N2O. The molecule has 0 radical (unpaired) electrons. The van der Waals surface area contributed by atoms with Crippen molar-refractivity contribution in [1.29, 1.82) is 0 Å². The summed E-state index contributed by atoms with van der Waals surface area (Å²) in [7, 11) is 0. The third kappa shape index (κ3) is 15.4. The fourth-order valence-electron chi connectivity index (χ4n) is 1.62. The minimum Gasteiger partial charge on any atom is -0.356 e. The highest BCUT2D eigenvalue weighted by atomic mass is 16.1. The molecule has 3 nitrogen and oxygen atoms in total. The molecule has 0 aromatic carbocycles. The molecule has 1 aliphatic rings. The molecule has 1 aliphatic heterocycles. The van der Waals surface area contributed by atoms with Crippen molar-refractivity contribution in [2.24, 2.45) is 5.92 Å². The second kappa shape index (κ2) is 14.5. The highest BCUT2D eigenvalue weighted by Gasteiger charge is 2.05. The number of nitrogens with one attached hydrogen (secondary N) is 1. The van der Waals surface area contributed by atoms with Crippen molar-refractivity contribution in [3.63, 3.8) is 0 Å². The molecule has 3 heteroatoms. The van der Waals surface area contributed by atoms with E-state index in [0.29, 0.717) is 5.92 Å². The highest BCUT2D eigenvalue weighted by Crippen LogP contribution is 2.06. The maximum absolute atomic E-state index is 10.2. The normalized spacial score (nSPS) is 15.1. The zero-order valence-corrected chi connectivity index (χ0v) is 13.4. The Labute approximate surface area is 114 Å². The summed E-state index contributed by atoms with van der Waals surface area (Å²) in [6, 6.07) is 0. The summed E-state index contributed by atoms with van der Waals surface area (Å²) in [4.78, 5) is 12.8. The molecule has 0 atom stereocenters. The fourth-order valence-corrected chi connectivity index (χ4v) is 1.62. The average Bonchev–Trinajstić information content (AvgIpc) is 2.40. The summed E-state index contributed by atoms with van der Waals surface area (Å²) in [6.07, 6.45) is 4.30. The molecule has 1 amide bonds. The van der Waals surface area contributed by atoms with Crippen LogP contribution < -0.4 is 5.32 Å². The van der Waals surface area contributed by atoms with Crippen LogP contribution in [0.25, 0.3) is 0 Å². The van der Waals surface area contributed by atoms with E-state index in [1.54, 1.807) is 0 Å². The van der Waals surface area contributed by atoms with Crippen LogP contribution in [0.4, 0.5) is 0 Å². The maximum atomic E-state index is 10.2. The zero-order valence-electron chi connectivity index (χ0n) is 13.4. The first-order valence-electron chi connectivity index (χ1n) is 7.53. The topological polar surface area (TPSA) is 32.3 Å². The van der Waals surface area contributed by atoms with Gasteiger partial charge in [-0.05, 0) is 38.4 Å². The first kappa shape index (κ1) is 19.8. The number of hydrogen-bond acceptors (Lipinski definition) is 2. The van der Waals surface area contributed by atoms with Crippen molar-refractivity contribution in [3.8, 4) is 0 Å². The van der Waals surface area contributed by atoms with Crippen LogP contribution in [0.2, 0.25) is 0 Å². The molecule has 18 heavy (non-hydrogen) atoms. The van der Waals surface area contributed by atoms with Gasteiger partial charge in [0, 0.05) is 13.5 Å². The van der Waals surface area contributed by atoms with E-state index in [-0.39, 0.29) is 5.91 Å². The summed E-state index contributed by atoms with van der Waals surface area (Å²) in [5.41, 5.74) is 0. The van der Waals surface area contributed by atoms with Gasteiger partial charge in [-0.3, -0.25) is 4.79 Å². The number of hydrogen-bond donors (Lipinski definition) is 1. The number of carbonyl (C=O) groups is 1. The minimum absolute atomic E-state index is 0.0544. The van der Waals surface area contributed by atoms with Gasteiger partial charge in [0.25, 0.3) is 0 Å². The van der Waals surface area contributed by atoms with Crippen LogP contribution in [-0.4, -0.2) is 37.0 Å². The van der Waals surface area contributed by atoms with Gasteiger partial charge in [-0.15, -0.1) is 0 Å². The molecule has 1 rings (SSSR count). The van der Waals surface area contributed by atoms with Crippen LogP contribution in [-0.2, 0) is 4.79 Å². The van der Waals surface area contributed by atoms with Crippen molar-refractivity contribution < 1.29 is 4.79 Å². The summed E-state index contributed by atoms with van der Waals surface area (Å²) in [5.74, 6) is 0.609. The summed E-state index contributed by atoms with van der Waals surface area (Å²) >= 11 is 0. The second-order valence-corrected chi connectivity index (χ2v) is 4.83. The number of nitrogens with zero attached hydrogens (tertiary/aromatic N) is 1. The standard InChI is InChI=1S/C7H15N.C6H13NO.C2H6/c1-2-8-6-4-3-5-7-8;1-5(2)4-7-6(3)8;1-2/h2-7H2,1H3;5H,4H2,1-3H3,(H,7,8);1-2H3. The van der Waals surface area contributed by atoms with Gasteiger partial charge in [0.1, 0.15) is 0 Å². The van der Waals surface area contributed by atoms with Crippen molar-refractivity contribution in [2.75, 3.05) is 26.2 Å². The van der Waals surface area contributed by atoms with E-state index < -0.39 is 0 Å². The fraction of sp³-hybridized carbons (Fsp3) is 0.933. The molecule has 0 spiro atoms. The number of rotatable bonds is 3. The van der Waals surface area contributed by atoms with Crippen LogP contribution in [0.3, 0.4) is 0 Å². The Bertz CT molecular complexity index is 175. The molecule has 1 heterocycles. The predicted octanol–water partition coefficient (Wildman–Crippen LogP) is 3.30. The number of likely N-dealkylation sites (tertiary alicyclic amines) is 1. The van der Waals surface area contributed by atoms with E-state index in [4.69, 9.17) is 0 Å². The predicted molar refractivity (Wildman–Crippen MR) is 80.8 cm³/mol. The lowest BCUT2D eigenvalue weighted by Crippen LogP contribution is -2.29. The van der Waals surface area contributed by atoms with Crippen LogP contribution in [0.5, 0.6) is 0 Å². The lowest BCUT2D eigenvalue weighted by atomic mass is 10.1. The first-order valence-corrected chi connectivity index (χ1v) is 7.53. The molecule has 0 bridgehead atoms. The highest BCUT2D eigenvalue weighted by molar-refractivity contribution is 5.72.